The monoisotopic (exact) mass is 466 g/mol. The van der Waals surface area contributed by atoms with Crippen LogP contribution in [0.2, 0.25) is 0 Å². The van der Waals surface area contributed by atoms with E-state index in [-0.39, 0.29) is 5.78 Å². The number of ketones is 1. The Morgan fingerprint density at radius 2 is 1.86 bits per heavy atom. The molecule has 1 aromatic heterocycles. The van der Waals surface area contributed by atoms with Gasteiger partial charge in [0.2, 0.25) is 5.88 Å². The van der Waals surface area contributed by atoms with E-state index in [9.17, 15) is 4.79 Å². The molecule has 0 N–H and O–H groups in total. The van der Waals surface area contributed by atoms with Crippen molar-refractivity contribution in [1.82, 2.24) is 14.9 Å². The molecule has 2 heterocycles. The van der Waals surface area contributed by atoms with Crippen LogP contribution in [0.1, 0.15) is 28.2 Å². The lowest BCUT2D eigenvalue weighted by Gasteiger charge is -2.34. The first-order valence-electron chi connectivity index (χ1n) is 12.1. The Balaban J connectivity index is 1.33. The Kier molecular flexibility index (Phi) is 6.73. The van der Waals surface area contributed by atoms with E-state index in [0.29, 0.717) is 24.5 Å². The van der Waals surface area contributed by atoms with Gasteiger partial charge in [-0.05, 0) is 61.0 Å². The molecule has 0 unspecified atom stereocenters. The molecule has 0 saturated carbocycles. The summed E-state index contributed by atoms with van der Waals surface area (Å²) in [7, 11) is 2.17. The van der Waals surface area contributed by atoms with Gasteiger partial charge < -0.3 is 14.5 Å². The van der Waals surface area contributed by atoms with Gasteiger partial charge in [-0.1, -0.05) is 36.9 Å². The highest BCUT2D eigenvalue weighted by atomic mass is 16.5. The number of ether oxygens (including phenoxy) is 1. The Morgan fingerprint density at radius 1 is 1.06 bits per heavy atom. The fourth-order valence-corrected chi connectivity index (χ4v) is 4.48. The number of anilines is 1. The van der Waals surface area contributed by atoms with Gasteiger partial charge in [-0.15, -0.1) is 0 Å². The third-order valence-electron chi connectivity index (χ3n) is 6.53. The number of hydrogen-bond donors (Lipinski definition) is 0. The summed E-state index contributed by atoms with van der Waals surface area (Å²) in [5.74, 6) is 1.96. The second-order valence-electron chi connectivity index (χ2n) is 9.15. The number of hydrogen-bond acceptors (Lipinski definition) is 6. The maximum Gasteiger partial charge on any atom is 0.226 e. The maximum absolute atomic E-state index is 11.8. The number of allylic oxidation sites excluding steroid dienone is 2. The van der Waals surface area contributed by atoms with Gasteiger partial charge in [-0.2, -0.15) is 4.98 Å². The summed E-state index contributed by atoms with van der Waals surface area (Å²) in [5.41, 5.74) is 5.22. The number of carbonyl (C=O) groups excluding carboxylic acids is 1. The van der Waals surface area contributed by atoms with Crippen molar-refractivity contribution in [3.05, 3.63) is 95.5 Å². The quantitative estimate of drug-likeness (QED) is 0.457. The van der Waals surface area contributed by atoms with Crippen molar-refractivity contribution in [3.63, 3.8) is 0 Å². The summed E-state index contributed by atoms with van der Waals surface area (Å²) in [6.45, 7) is 7.85. The minimum Gasteiger partial charge on any atom is -0.439 e. The Hall–Kier alpha value is -3.77. The highest BCUT2D eigenvalue weighted by Crippen LogP contribution is 2.31. The molecule has 6 heteroatoms. The van der Waals surface area contributed by atoms with Crippen molar-refractivity contribution in [2.24, 2.45) is 0 Å². The van der Waals surface area contributed by atoms with Crippen molar-refractivity contribution in [2.75, 3.05) is 38.1 Å². The Bertz CT molecular complexity index is 1260. The second-order valence-corrected chi connectivity index (χ2v) is 9.15. The first-order valence-corrected chi connectivity index (χ1v) is 12.1. The van der Waals surface area contributed by atoms with Crippen LogP contribution in [0.5, 0.6) is 11.6 Å². The largest absolute Gasteiger partial charge is 0.439 e. The van der Waals surface area contributed by atoms with Crippen molar-refractivity contribution < 1.29 is 9.53 Å². The number of rotatable bonds is 8. The summed E-state index contributed by atoms with van der Waals surface area (Å²) in [6.07, 6.45) is 7.15. The molecule has 0 spiro atoms. The summed E-state index contributed by atoms with van der Waals surface area (Å²) in [4.78, 5) is 26.1. The number of carbonyl (C=O) groups is 1. The fourth-order valence-electron chi connectivity index (χ4n) is 4.48. The lowest BCUT2D eigenvalue weighted by molar-refractivity contribution is -0.114. The molecule has 1 fully saturated rings. The van der Waals surface area contributed by atoms with E-state index in [2.05, 4.69) is 53.8 Å². The van der Waals surface area contributed by atoms with Crippen molar-refractivity contribution in [1.29, 1.82) is 0 Å². The molecular weight excluding hydrogens is 436 g/mol. The van der Waals surface area contributed by atoms with Crippen LogP contribution in [0.4, 0.5) is 5.69 Å². The SMILES string of the molecule is C=CC(=O)Cc1cccc(Oc2nc(Cc3ccc(N4CCN(C)CC4)cc3)nc3c2CC=C3)c1. The van der Waals surface area contributed by atoms with E-state index < -0.39 is 0 Å². The van der Waals surface area contributed by atoms with Gasteiger partial charge in [0.05, 0.1) is 5.69 Å². The van der Waals surface area contributed by atoms with Crippen LogP contribution in [-0.4, -0.2) is 53.9 Å². The van der Waals surface area contributed by atoms with E-state index in [1.807, 2.05) is 30.3 Å². The molecule has 6 nitrogen and oxygen atoms in total. The molecule has 5 rings (SSSR count). The Morgan fingerprint density at radius 3 is 2.63 bits per heavy atom. The van der Waals surface area contributed by atoms with Gasteiger partial charge in [0.1, 0.15) is 11.6 Å². The number of benzene rings is 2. The van der Waals surface area contributed by atoms with E-state index >= 15 is 0 Å². The van der Waals surface area contributed by atoms with Crippen LogP contribution in [0.25, 0.3) is 6.08 Å². The summed E-state index contributed by atoms with van der Waals surface area (Å²) in [6, 6.07) is 16.3. The van der Waals surface area contributed by atoms with Crippen LogP contribution >= 0.6 is 0 Å². The standard InChI is InChI=1S/C29H30N4O2/c1-3-24(34)18-22-6-4-7-25(19-22)35-29-26-8-5-9-27(26)30-28(31-29)20-21-10-12-23(13-11-21)33-16-14-32(2)15-17-33/h3-7,9-13,19H,1,8,14-18,20H2,2H3. The summed E-state index contributed by atoms with van der Waals surface area (Å²) >= 11 is 0. The molecule has 35 heavy (non-hydrogen) atoms. The van der Waals surface area contributed by atoms with Crippen molar-refractivity contribution in [2.45, 2.75) is 19.3 Å². The van der Waals surface area contributed by atoms with Gasteiger partial charge in [0.25, 0.3) is 0 Å². The van der Waals surface area contributed by atoms with Crippen LogP contribution in [0, 0.1) is 0 Å². The zero-order chi connectivity index (χ0) is 24.2. The average molecular weight is 467 g/mol. The predicted molar refractivity (Wildman–Crippen MR) is 139 cm³/mol. The van der Waals surface area contributed by atoms with Crippen LogP contribution in [-0.2, 0) is 24.1 Å². The predicted octanol–water partition coefficient (Wildman–Crippen LogP) is 4.48. The lowest BCUT2D eigenvalue weighted by Crippen LogP contribution is -2.44. The Labute approximate surface area is 206 Å². The van der Waals surface area contributed by atoms with Gasteiger partial charge in [-0.25, -0.2) is 4.98 Å². The molecule has 0 amide bonds. The number of piperazine rings is 1. The molecule has 1 saturated heterocycles. The van der Waals surface area contributed by atoms with Crippen molar-refractivity contribution >= 4 is 17.5 Å². The molecule has 2 aromatic carbocycles. The van der Waals surface area contributed by atoms with Crippen LogP contribution in [0.3, 0.4) is 0 Å². The first kappa shape index (κ1) is 23.0. The summed E-state index contributed by atoms with van der Waals surface area (Å²) in [5, 5.41) is 0. The van der Waals surface area contributed by atoms with E-state index in [4.69, 9.17) is 14.7 Å². The number of nitrogens with zero attached hydrogens (tertiary/aromatic N) is 4. The molecule has 0 radical (unpaired) electrons. The minimum absolute atomic E-state index is 0.0183. The molecular formula is C29H30N4O2. The van der Waals surface area contributed by atoms with E-state index in [1.54, 1.807) is 0 Å². The number of fused-ring (bicyclic) bond motifs is 1. The third kappa shape index (κ3) is 5.49. The third-order valence-corrected chi connectivity index (χ3v) is 6.53. The van der Waals surface area contributed by atoms with Crippen LogP contribution in [0.15, 0.2) is 67.3 Å². The number of aromatic nitrogens is 2. The van der Waals surface area contributed by atoms with Crippen LogP contribution < -0.4 is 9.64 Å². The van der Waals surface area contributed by atoms with E-state index in [1.165, 1.54) is 17.3 Å². The molecule has 2 aliphatic rings. The highest BCUT2D eigenvalue weighted by molar-refractivity contribution is 5.90. The number of likely N-dealkylation sites (N-methyl/N-ethyl adjacent to an activating group) is 1. The van der Waals surface area contributed by atoms with Gasteiger partial charge in [0.15, 0.2) is 5.78 Å². The van der Waals surface area contributed by atoms with Gasteiger partial charge >= 0.3 is 0 Å². The highest BCUT2D eigenvalue weighted by Gasteiger charge is 2.19. The zero-order valence-electron chi connectivity index (χ0n) is 20.1. The fraction of sp³-hybridized carbons (Fsp3) is 0.276. The normalized spacial score (nSPS) is 15.2. The van der Waals surface area contributed by atoms with Gasteiger partial charge in [-0.3, -0.25) is 4.79 Å². The molecule has 1 aliphatic carbocycles. The average Bonchev–Trinajstić information content (AvgIpc) is 3.34. The van der Waals surface area contributed by atoms with Gasteiger partial charge in [0, 0.05) is 50.3 Å². The first-order chi connectivity index (χ1) is 17.1. The molecule has 0 atom stereocenters. The maximum atomic E-state index is 11.8. The smallest absolute Gasteiger partial charge is 0.226 e. The van der Waals surface area contributed by atoms with E-state index in [0.717, 1.165) is 55.2 Å². The van der Waals surface area contributed by atoms with Crippen molar-refractivity contribution in [3.8, 4) is 11.6 Å². The molecule has 0 bridgehead atoms. The molecule has 3 aromatic rings. The lowest BCUT2D eigenvalue weighted by atomic mass is 10.1. The molecule has 178 valence electrons. The molecule has 1 aliphatic heterocycles. The zero-order valence-corrected chi connectivity index (χ0v) is 20.1. The minimum atomic E-state index is -0.0183. The topological polar surface area (TPSA) is 58.6 Å². The summed E-state index contributed by atoms with van der Waals surface area (Å²) < 4.78 is 6.22. The second kappa shape index (κ2) is 10.2.